The van der Waals surface area contributed by atoms with E-state index >= 15 is 0 Å². The van der Waals surface area contributed by atoms with Gasteiger partial charge in [0.25, 0.3) is 0 Å². The molecule has 1 fully saturated rings. The maximum atomic E-state index is 9.81. The van der Waals surface area contributed by atoms with Crippen molar-refractivity contribution < 1.29 is 9.31 Å². The van der Waals surface area contributed by atoms with Crippen LogP contribution in [0.2, 0.25) is 5.31 Å². The highest BCUT2D eigenvalue weighted by Crippen LogP contribution is 2.49. The summed E-state index contributed by atoms with van der Waals surface area (Å²) in [5.74, 6) is 0. The largest absolute Gasteiger partial charge is 0.483 e. The van der Waals surface area contributed by atoms with Gasteiger partial charge in [-0.25, -0.2) is 0 Å². The smallest absolute Gasteiger partial charge is 0.402 e. The number of benzene rings is 1. The minimum absolute atomic E-state index is 0.432. The van der Waals surface area contributed by atoms with Crippen molar-refractivity contribution in [1.82, 2.24) is 0 Å². The van der Waals surface area contributed by atoms with Gasteiger partial charge in [-0.2, -0.15) is 5.26 Å². The van der Waals surface area contributed by atoms with Gasteiger partial charge in [-0.05, 0) is 45.3 Å². The second-order valence-corrected chi connectivity index (χ2v) is 7.30. The highest BCUT2D eigenvalue weighted by atomic mass is 16.7. The van der Waals surface area contributed by atoms with Crippen LogP contribution >= 0.6 is 0 Å². The highest BCUT2D eigenvalue weighted by molar-refractivity contribution is 6.52. The maximum Gasteiger partial charge on any atom is 0.483 e. The lowest BCUT2D eigenvalue weighted by molar-refractivity contribution is 0.00578. The van der Waals surface area contributed by atoms with Gasteiger partial charge in [0, 0.05) is 0 Å². The summed E-state index contributed by atoms with van der Waals surface area (Å²) < 4.78 is 12.2. The molecule has 3 nitrogen and oxygen atoms in total. The van der Waals surface area contributed by atoms with Crippen LogP contribution in [-0.2, 0) is 9.31 Å². The molecular formula is C19H22BNO2. The van der Waals surface area contributed by atoms with Crippen molar-refractivity contribution >= 4 is 12.7 Å². The van der Waals surface area contributed by atoms with Crippen molar-refractivity contribution in [3.05, 3.63) is 54.1 Å². The fourth-order valence-electron chi connectivity index (χ4n) is 2.86. The fourth-order valence-corrected chi connectivity index (χ4v) is 2.86. The Morgan fingerprint density at radius 1 is 1.04 bits per heavy atom. The second-order valence-electron chi connectivity index (χ2n) is 7.30. The summed E-state index contributed by atoms with van der Waals surface area (Å²) in [4.78, 5) is 0. The van der Waals surface area contributed by atoms with Crippen LogP contribution in [0.25, 0.3) is 5.57 Å². The minimum Gasteiger partial charge on any atom is -0.402 e. The molecule has 1 aliphatic heterocycles. The van der Waals surface area contributed by atoms with E-state index in [1.165, 1.54) is 0 Å². The lowest BCUT2D eigenvalue weighted by Gasteiger charge is -2.32. The second kappa shape index (κ2) is 5.37. The van der Waals surface area contributed by atoms with E-state index in [0.29, 0.717) is 6.42 Å². The third-order valence-corrected chi connectivity index (χ3v) is 5.21. The molecule has 0 aromatic heterocycles. The molecule has 1 aromatic rings. The van der Waals surface area contributed by atoms with E-state index in [0.717, 1.165) is 11.1 Å². The molecule has 0 bridgehead atoms. The van der Waals surface area contributed by atoms with E-state index in [1.54, 1.807) is 0 Å². The number of rotatable bonds is 2. The first kappa shape index (κ1) is 16.0. The molecule has 4 heteroatoms. The van der Waals surface area contributed by atoms with Crippen molar-refractivity contribution in [2.75, 3.05) is 0 Å². The molecule has 1 saturated heterocycles. The first-order chi connectivity index (χ1) is 10.8. The molecule has 1 unspecified atom stereocenters. The number of allylic oxidation sites excluding steroid dienone is 4. The molecule has 0 amide bonds. The Labute approximate surface area is 138 Å². The van der Waals surface area contributed by atoms with Crippen LogP contribution in [0.15, 0.2) is 48.6 Å². The van der Waals surface area contributed by atoms with Crippen LogP contribution in [0.5, 0.6) is 0 Å². The van der Waals surface area contributed by atoms with Crippen molar-refractivity contribution in [3.63, 3.8) is 0 Å². The van der Waals surface area contributed by atoms with Crippen LogP contribution in [0.4, 0.5) is 0 Å². The number of hydrogen-bond acceptors (Lipinski definition) is 3. The number of hydrogen-bond donors (Lipinski definition) is 0. The van der Waals surface area contributed by atoms with Crippen molar-refractivity contribution in [2.24, 2.45) is 0 Å². The van der Waals surface area contributed by atoms with Gasteiger partial charge in [-0.3, -0.25) is 0 Å². The summed E-state index contributed by atoms with van der Waals surface area (Å²) in [5, 5.41) is 9.03. The SMILES string of the molecule is CC1(C)OB(C2(C#N)C=CC(c3ccccc3)=CC2)OC1(C)C. The zero-order valence-corrected chi connectivity index (χ0v) is 14.2. The molecule has 2 aliphatic rings. The van der Waals surface area contributed by atoms with E-state index in [-0.39, 0.29) is 0 Å². The predicted molar refractivity (Wildman–Crippen MR) is 92.6 cm³/mol. The van der Waals surface area contributed by atoms with Gasteiger partial charge < -0.3 is 9.31 Å². The molecule has 1 atom stereocenters. The lowest BCUT2D eigenvalue weighted by atomic mass is 9.55. The molecule has 0 radical (unpaired) electrons. The highest BCUT2D eigenvalue weighted by Gasteiger charge is 2.59. The molecule has 3 rings (SSSR count). The fraction of sp³-hybridized carbons (Fsp3) is 0.421. The minimum atomic E-state index is -0.774. The molecule has 0 N–H and O–H groups in total. The summed E-state index contributed by atoms with van der Waals surface area (Å²) in [6, 6.07) is 12.6. The maximum absolute atomic E-state index is 9.81. The number of nitrogens with zero attached hydrogens (tertiary/aromatic N) is 1. The Hall–Kier alpha value is -1.83. The van der Waals surface area contributed by atoms with Gasteiger partial charge >= 0.3 is 7.12 Å². The van der Waals surface area contributed by atoms with Gasteiger partial charge in [-0.15, -0.1) is 0 Å². The molecule has 1 aliphatic carbocycles. The monoisotopic (exact) mass is 307 g/mol. The standard InChI is InChI=1S/C19H22BNO2/c1-17(2)18(3,4)23-20(22-17)19(14-21)12-10-16(11-13-19)15-8-6-5-7-9-15/h5-12H,13H2,1-4H3. The Balaban J connectivity index is 1.85. The van der Waals surface area contributed by atoms with E-state index in [4.69, 9.17) is 9.31 Å². The van der Waals surface area contributed by atoms with E-state index in [1.807, 2.05) is 58.0 Å². The summed E-state index contributed by atoms with van der Waals surface area (Å²) in [6.07, 6.45) is 6.63. The first-order valence-corrected chi connectivity index (χ1v) is 8.01. The summed E-state index contributed by atoms with van der Waals surface area (Å²) in [7, 11) is -0.553. The zero-order chi connectivity index (χ0) is 16.7. The van der Waals surface area contributed by atoms with Crippen molar-refractivity contribution in [3.8, 4) is 6.07 Å². The van der Waals surface area contributed by atoms with Crippen molar-refractivity contribution in [1.29, 1.82) is 5.26 Å². The average Bonchev–Trinajstić information content (AvgIpc) is 2.77. The molecule has 0 spiro atoms. The summed E-state index contributed by atoms with van der Waals surface area (Å²) in [6.45, 7) is 8.04. The molecule has 0 saturated carbocycles. The van der Waals surface area contributed by atoms with Crippen LogP contribution in [0.3, 0.4) is 0 Å². The molecular weight excluding hydrogens is 285 g/mol. The molecule has 118 valence electrons. The van der Waals surface area contributed by atoms with E-state index < -0.39 is 23.6 Å². The summed E-state index contributed by atoms with van der Waals surface area (Å²) in [5.41, 5.74) is 1.43. The predicted octanol–water partition coefficient (Wildman–Crippen LogP) is 4.39. The van der Waals surface area contributed by atoms with Crippen LogP contribution < -0.4 is 0 Å². The third-order valence-electron chi connectivity index (χ3n) is 5.21. The zero-order valence-electron chi connectivity index (χ0n) is 14.2. The Bertz CT molecular complexity index is 684. The Morgan fingerprint density at radius 3 is 2.13 bits per heavy atom. The average molecular weight is 307 g/mol. The van der Waals surface area contributed by atoms with Gasteiger partial charge in [0.15, 0.2) is 0 Å². The van der Waals surface area contributed by atoms with Gasteiger partial charge in [0.2, 0.25) is 0 Å². The van der Waals surface area contributed by atoms with Gasteiger partial charge in [0.05, 0.1) is 17.3 Å². The third kappa shape index (κ3) is 2.65. The van der Waals surface area contributed by atoms with Gasteiger partial charge in [-0.1, -0.05) is 48.6 Å². The van der Waals surface area contributed by atoms with Crippen LogP contribution in [-0.4, -0.2) is 18.3 Å². The Morgan fingerprint density at radius 2 is 1.65 bits per heavy atom. The molecule has 1 heterocycles. The first-order valence-electron chi connectivity index (χ1n) is 8.01. The topological polar surface area (TPSA) is 42.2 Å². The van der Waals surface area contributed by atoms with Crippen molar-refractivity contribution in [2.45, 2.75) is 50.6 Å². The van der Waals surface area contributed by atoms with E-state index in [2.05, 4.69) is 24.3 Å². The van der Waals surface area contributed by atoms with E-state index in [9.17, 15) is 5.26 Å². The lowest BCUT2D eigenvalue weighted by Crippen LogP contribution is -2.41. The Kier molecular flexibility index (Phi) is 3.75. The quantitative estimate of drug-likeness (QED) is 0.761. The normalized spacial score (nSPS) is 28.3. The van der Waals surface area contributed by atoms with Crippen LogP contribution in [0, 0.1) is 11.3 Å². The van der Waals surface area contributed by atoms with Gasteiger partial charge in [0.1, 0.15) is 5.31 Å². The molecule has 23 heavy (non-hydrogen) atoms. The molecule has 1 aromatic carbocycles. The van der Waals surface area contributed by atoms with Crippen LogP contribution in [0.1, 0.15) is 39.7 Å². The summed E-state index contributed by atoms with van der Waals surface area (Å²) >= 11 is 0. The number of nitriles is 1.